The first-order chi connectivity index (χ1) is 12.8. The maximum atomic E-state index is 4.50. The highest BCUT2D eigenvalue weighted by atomic mass is 15.4. The summed E-state index contributed by atoms with van der Waals surface area (Å²) >= 11 is 0. The lowest BCUT2D eigenvalue weighted by atomic mass is 10.1. The van der Waals surface area contributed by atoms with Crippen molar-refractivity contribution in [2.45, 2.75) is 6.04 Å². The summed E-state index contributed by atoms with van der Waals surface area (Å²) in [6.45, 7) is 6.28. The van der Waals surface area contributed by atoms with E-state index in [1.807, 2.05) is 25.5 Å². The van der Waals surface area contributed by atoms with Gasteiger partial charge in [0.2, 0.25) is 0 Å². The lowest BCUT2D eigenvalue weighted by Crippen LogP contribution is -2.63. The molecule has 2 aliphatic rings. The molecule has 0 bridgehead atoms. The van der Waals surface area contributed by atoms with Gasteiger partial charge in [0, 0.05) is 58.6 Å². The zero-order chi connectivity index (χ0) is 17.5. The molecule has 2 fully saturated rings. The van der Waals surface area contributed by atoms with E-state index in [-0.39, 0.29) is 0 Å². The van der Waals surface area contributed by atoms with Gasteiger partial charge in [-0.2, -0.15) is 5.10 Å². The minimum atomic E-state index is 0.600. The molecule has 134 valence electrons. The monoisotopic (exact) mass is 350 g/mol. The maximum Gasteiger partial charge on any atom is 0.163 e. The van der Waals surface area contributed by atoms with E-state index < -0.39 is 0 Å². The van der Waals surface area contributed by atoms with Crippen LogP contribution in [0.4, 0.5) is 11.6 Å². The zero-order valence-corrected chi connectivity index (χ0v) is 14.9. The number of piperazine rings is 1. The van der Waals surface area contributed by atoms with Crippen LogP contribution in [0.3, 0.4) is 0 Å². The third kappa shape index (κ3) is 2.57. The number of fused-ring (bicyclic) bond motifs is 1. The number of pyridine rings is 1. The highest BCUT2D eigenvalue weighted by Gasteiger charge is 2.35. The van der Waals surface area contributed by atoms with E-state index in [0.29, 0.717) is 6.04 Å². The number of hydrogen-bond acceptors (Lipinski definition) is 7. The van der Waals surface area contributed by atoms with Crippen LogP contribution in [-0.4, -0.2) is 74.9 Å². The predicted molar refractivity (Wildman–Crippen MR) is 100 cm³/mol. The van der Waals surface area contributed by atoms with E-state index in [0.717, 1.165) is 61.9 Å². The predicted octanol–water partition coefficient (Wildman–Crippen LogP) is 0.769. The molecule has 5 heterocycles. The number of rotatable bonds is 3. The number of anilines is 2. The topological polar surface area (TPSA) is 66.2 Å². The van der Waals surface area contributed by atoms with Gasteiger partial charge in [-0.25, -0.2) is 15.0 Å². The molecule has 2 saturated heterocycles. The number of hydrogen-bond donors (Lipinski definition) is 0. The van der Waals surface area contributed by atoms with E-state index >= 15 is 0 Å². The molecule has 0 aromatic carbocycles. The molecule has 0 saturated carbocycles. The van der Waals surface area contributed by atoms with E-state index in [1.54, 1.807) is 11.0 Å². The first kappa shape index (κ1) is 15.5. The maximum absolute atomic E-state index is 4.50. The van der Waals surface area contributed by atoms with Crippen molar-refractivity contribution in [3.63, 3.8) is 0 Å². The Labute approximate surface area is 152 Å². The van der Waals surface area contributed by atoms with Gasteiger partial charge in [-0.05, 0) is 12.1 Å². The molecule has 5 rings (SSSR count). The van der Waals surface area contributed by atoms with Crippen LogP contribution < -0.4 is 9.80 Å². The molecule has 8 heteroatoms. The third-order valence-corrected chi connectivity index (χ3v) is 5.47. The number of aromatic nitrogens is 5. The molecule has 0 N–H and O–H groups in total. The van der Waals surface area contributed by atoms with Gasteiger partial charge < -0.3 is 9.80 Å². The standard InChI is InChI=1S/C18H22N8/c1-23-17-15(10-22-23)18(21-13-20-17)26-11-14(12-26)24-6-8-25(9-7-24)16-4-2-3-5-19-16/h2-5,10,13-14H,6-9,11-12H2,1H3. The summed E-state index contributed by atoms with van der Waals surface area (Å²) in [5, 5.41) is 5.34. The molecule has 3 aromatic heterocycles. The van der Waals surface area contributed by atoms with E-state index in [1.165, 1.54) is 0 Å². The average molecular weight is 350 g/mol. The van der Waals surface area contributed by atoms with Gasteiger partial charge in [0.1, 0.15) is 18.0 Å². The number of nitrogens with zero attached hydrogens (tertiary/aromatic N) is 8. The Hall–Kier alpha value is -2.74. The molecular weight excluding hydrogens is 328 g/mol. The highest BCUT2D eigenvalue weighted by Crippen LogP contribution is 2.28. The van der Waals surface area contributed by atoms with Crippen LogP contribution in [0.1, 0.15) is 0 Å². The van der Waals surface area contributed by atoms with Gasteiger partial charge in [0.15, 0.2) is 5.65 Å². The summed E-state index contributed by atoms with van der Waals surface area (Å²) in [6, 6.07) is 6.71. The largest absolute Gasteiger partial charge is 0.354 e. The first-order valence-electron chi connectivity index (χ1n) is 9.07. The van der Waals surface area contributed by atoms with Crippen LogP contribution >= 0.6 is 0 Å². The van der Waals surface area contributed by atoms with Gasteiger partial charge in [-0.15, -0.1) is 0 Å². The van der Waals surface area contributed by atoms with Gasteiger partial charge in [-0.3, -0.25) is 9.58 Å². The minimum absolute atomic E-state index is 0.600. The summed E-state index contributed by atoms with van der Waals surface area (Å²) in [5.41, 5.74) is 0.891. The van der Waals surface area contributed by atoms with Crippen molar-refractivity contribution in [1.82, 2.24) is 29.6 Å². The van der Waals surface area contributed by atoms with Gasteiger partial charge in [0.05, 0.1) is 11.6 Å². The van der Waals surface area contributed by atoms with Gasteiger partial charge >= 0.3 is 0 Å². The van der Waals surface area contributed by atoms with Crippen molar-refractivity contribution in [2.24, 2.45) is 7.05 Å². The Morgan fingerprint density at radius 1 is 0.962 bits per heavy atom. The SMILES string of the molecule is Cn1ncc2c(N3CC(N4CCN(c5ccccn5)CC4)C3)ncnc21. The van der Waals surface area contributed by atoms with Crippen molar-refractivity contribution in [3.8, 4) is 0 Å². The van der Waals surface area contributed by atoms with Crippen LogP contribution in [0.25, 0.3) is 11.0 Å². The van der Waals surface area contributed by atoms with E-state index in [2.05, 4.69) is 46.9 Å². The molecule has 8 nitrogen and oxygen atoms in total. The molecule has 26 heavy (non-hydrogen) atoms. The quantitative estimate of drug-likeness (QED) is 0.691. The summed E-state index contributed by atoms with van der Waals surface area (Å²) < 4.78 is 1.80. The molecule has 2 aliphatic heterocycles. The fraction of sp³-hybridized carbons (Fsp3) is 0.444. The molecule has 0 atom stereocenters. The fourth-order valence-corrected chi connectivity index (χ4v) is 3.92. The summed E-state index contributed by atoms with van der Waals surface area (Å²) in [4.78, 5) is 20.6. The number of aryl methyl sites for hydroxylation is 1. The van der Waals surface area contributed by atoms with Gasteiger partial charge in [-0.1, -0.05) is 6.07 Å². The average Bonchev–Trinajstić information content (AvgIpc) is 3.04. The second-order valence-electron chi connectivity index (χ2n) is 6.97. The molecular formula is C18H22N8. The molecule has 0 aliphatic carbocycles. The van der Waals surface area contributed by atoms with Crippen LogP contribution in [0.5, 0.6) is 0 Å². The van der Waals surface area contributed by atoms with Crippen molar-refractivity contribution >= 4 is 22.7 Å². The fourth-order valence-electron chi connectivity index (χ4n) is 3.92. The minimum Gasteiger partial charge on any atom is -0.354 e. The second kappa shape index (κ2) is 6.21. The van der Waals surface area contributed by atoms with Crippen molar-refractivity contribution in [3.05, 3.63) is 36.9 Å². The van der Waals surface area contributed by atoms with Crippen LogP contribution in [0.2, 0.25) is 0 Å². The Morgan fingerprint density at radius 3 is 2.58 bits per heavy atom. The van der Waals surface area contributed by atoms with Crippen LogP contribution in [-0.2, 0) is 7.05 Å². The molecule has 3 aromatic rings. The summed E-state index contributed by atoms with van der Waals surface area (Å²) in [7, 11) is 1.92. The summed E-state index contributed by atoms with van der Waals surface area (Å²) in [6.07, 6.45) is 5.37. The van der Waals surface area contributed by atoms with Crippen LogP contribution in [0, 0.1) is 0 Å². The van der Waals surface area contributed by atoms with Gasteiger partial charge in [0.25, 0.3) is 0 Å². The normalized spacial score (nSPS) is 19.1. The summed E-state index contributed by atoms with van der Waals surface area (Å²) in [5.74, 6) is 2.09. The lowest BCUT2D eigenvalue weighted by molar-refractivity contribution is 0.156. The Kier molecular flexibility index (Phi) is 3.70. The molecule has 0 unspecified atom stereocenters. The van der Waals surface area contributed by atoms with Crippen molar-refractivity contribution < 1.29 is 0 Å². The van der Waals surface area contributed by atoms with E-state index in [9.17, 15) is 0 Å². The second-order valence-corrected chi connectivity index (χ2v) is 6.97. The third-order valence-electron chi connectivity index (χ3n) is 5.47. The Balaban J connectivity index is 1.21. The van der Waals surface area contributed by atoms with Crippen LogP contribution in [0.15, 0.2) is 36.9 Å². The molecule has 0 amide bonds. The Morgan fingerprint density at radius 2 is 1.81 bits per heavy atom. The molecule has 0 spiro atoms. The first-order valence-corrected chi connectivity index (χ1v) is 9.07. The van der Waals surface area contributed by atoms with E-state index in [4.69, 9.17) is 0 Å². The van der Waals surface area contributed by atoms with Crippen molar-refractivity contribution in [2.75, 3.05) is 49.1 Å². The lowest BCUT2D eigenvalue weighted by Gasteiger charge is -2.48. The van der Waals surface area contributed by atoms with Crippen molar-refractivity contribution in [1.29, 1.82) is 0 Å². The molecule has 0 radical (unpaired) electrons. The zero-order valence-electron chi connectivity index (χ0n) is 14.9. The Bertz CT molecular complexity index is 894. The highest BCUT2D eigenvalue weighted by molar-refractivity contribution is 5.87. The smallest absolute Gasteiger partial charge is 0.163 e.